The van der Waals surface area contributed by atoms with Crippen LogP contribution in [0.15, 0.2) is 12.2 Å². The predicted octanol–water partition coefficient (Wildman–Crippen LogP) is 5.24. The Labute approximate surface area is 158 Å². The second-order valence-electron chi connectivity index (χ2n) is 7.36. The summed E-state index contributed by atoms with van der Waals surface area (Å²) in [5.74, 6) is 0. The van der Waals surface area contributed by atoms with Crippen LogP contribution < -0.4 is 11.5 Å². The second-order valence-corrected chi connectivity index (χ2v) is 7.36. The highest BCUT2D eigenvalue weighted by Crippen LogP contribution is 2.09. The molecular weight excluding hydrogens is 306 g/mol. The zero-order valence-corrected chi connectivity index (χ0v) is 17.2. The number of rotatable bonds is 20. The van der Waals surface area contributed by atoms with Gasteiger partial charge in [0.2, 0.25) is 0 Å². The fourth-order valence-corrected chi connectivity index (χ4v) is 3.19. The molecule has 0 rings (SSSR count). The minimum absolute atomic E-state index is 0.794. The summed E-state index contributed by atoms with van der Waals surface area (Å²) >= 11 is 0. The molecule has 25 heavy (non-hydrogen) atoms. The Bertz CT molecular complexity index is 258. The van der Waals surface area contributed by atoms with Crippen molar-refractivity contribution in [3.63, 3.8) is 0 Å². The average Bonchev–Trinajstić information content (AvgIpc) is 2.63. The lowest BCUT2D eigenvalue weighted by molar-refractivity contribution is 0.264. The first-order valence-corrected chi connectivity index (χ1v) is 11.1. The van der Waals surface area contributed by atoms with Crippen LogP contribution in [0.5, 0.6) is 0 Å². The molecule has 0 aromatic rings. The van der Waals surface area contributed by atoms with Gasteiger partial charge in [-0.3, -0.25) is 0 Å². The summed E-state index contributed by atoms with van der Waals surface area (Å²) in [5, 5.41) is 0. The number of nitrogens with zero attached hydrogens (tertiary/aromatic N) is 1. The van der Waals surface area contributed by atoms with Crippen LogP contribution in [-0.2, 0) is 0 Å². The van der Waals surface area contributed by atoms with E-state index in [2.05, 4.69) is 24.0 Å². The summed E-state index contributed by atoms with van der Waals surface area (Å²) in [7, 11) is 0. The van der Waals surface area contributed by atoms with Crippen molar-refractivity contribution < 1.29 is 0 Å². The fourth-order valence-electron chi connectivity index (χ4n) is 3.19. The van der Waals surface area contributed by atoms with Crippen molar-refractivity contribution in [2.75, 3.05) is 32.7 Å². The Morgan fingerprint density at radius 2 is 1.00 bits per heavy atom. The monoisotopic (exact) mass is 353 g/mol. The highest BCUT2D eigenvalue weighted by atomic mass is 15.1. The van der Waals surface area contributed by atoms with Gasteiger partial charge in [0.25, 0.3) is 0 Å². The Kier molecular flexibility index (Phi) is 21.3. The molecule has 0 saturated carbocycles. The van der Waals surface area contributed by atoms with Gasteiger partial charge in [-0.15, -0.1) is 0 Å². The molecule has 0 fully saturated rings. The number of nitrogens with two attached hydrogens (primary N) is 2. The van der Waals surface area contributed by atoms with Crippen LogP contribution in [0.3, 0.4) is 0 Å². The summed E-state index contributed by atoms with van der Waals surface area (Å²) in [6, 6.07) is 0. The van der Waals surface area contributed by atoms with E-state index in [9.17, 15) is 0 Å². The summed E-state index contributed by atoms with van der Waals surface area (Å²) < 4.78 is 0. The van der Waals surface area contributed by atoms with E-state index in [-0.39, 0.29) is 0 Å². The van der Waals surface area contributed by atoms with Gasteiger partial charge in [-0.05, 0) is 77.7 Å². The zero-order valence-electron chi connectivity index (χ0n) is 17.2. The summed E-state index contributed by atoms with van der Waals surface area (Å²) in [6.07, 6.45) is 23.4. The van der Waals surface area contributed by atoms with Crippen molar-refractivity contribution in [2.24, 2.45) is 11.5 Å². The van der Waals surface area contributed by atoms with Gasteiger partial charge in [-0.1, -0.05) is 64.0 Å². The van der Waals surface area contributed by atoms with E-state index in [1.54, 1.807) is 0 Å². The minimum atomic E-state index is 0.794. The van der Waals surface area contributed by atoms with Crippen LogP contribution in [0.4, 0.5) is 0 Å². The van der Waals surface area contributed by atoms with Crippen LogP contribution >= 0.6 is 0 Å². The molecule has 3 heteroatoms. The number of hydrogen-bond acceptors (Lipinski definition) is 3. The third kappa shape index (κ3) is 19.8. The summed E-state index contributed by atoms with van der Waals surface area (Å²) in [6.45, 7) is 7.35. The van der Waals surface area contributed by atoms with E-state index in [4.69, 9.17) is 11.5 Å². The van der Waals surface area contributed by atoms with Gasteiger partial charge in [-0.2, -0.15) is 0 Å². The highest BCUT2D eigenvalue weighted by molar-refractivity contribution is 4.81. The quantitative estimate of drug-likeness (QED) is 0.232. The molecule has 0 bridgehead atoms. The lowest BCUT2D eigenvalue weighted by atomic mass is 10.1. The molecule has 0 aliphatic rings. The first kappa shape index (κ1) is 24.6. The van der Waals surface area contributed by atoms with Crippen LogP contribution in [0, 0.1) is 0 Å². The first-order chi connectivity index (χ1) is 12.3. The molecule has 3 nitrogen and oxygen atoms in total. The van der Waals surface area contributed by atoms with Gasteiger partial charge >= 0.3 is 0 Å². The predicted molar refractivity (Wildman–Crippen MR) is 114 cm³/mol. The van der Waals surface area contributed by atoms with E-state index in [0.717, 1.165) is 39.0 Å². The maximum absolute atomic E-state index is 5.63. The standard InChI is InChI=1S/C22H47N3/c1-2-3-4-5-6-7-8-9-10-11-12-13-14-15-20-25(21-16-18-23)22-17-19-24/h10-11H,2-9,12-24H2,1H3/b11-10+. The molecule has 0 amide bonds. The largest absolute Gasteiger partial charge is 0.330 e. The van der Waals surface area contributed by atoms with Crippen LogP contribution in [0.25, 0.3) is 0 Å². The molecular formula is C22H47N3. The Morgan fingerprint density at radius 1 is 0.560 bits per heavy atom. The fraction of sp³-hybridized carbons (Fsp3) is 0.909. The Morgan fingerprint density at radius 3 is 1.52 bits per heavy atom. The van der Waals surface area contributed by atoms with Gasteiger partial charge in [0, 0.05) is 0 Å². The molecule has 0 heterocycles. The maximum atomic E-state index is 5.63. The number of hydrogen-bond donors (Lipinski definition) is 2. The summed E-state index contributed by atoms with van der Waals surface area (Å²) in [5.41, 5.74) is 11.3. The van der Waals surface area contributed by atoms with Crippen LogP contribution in [-0.4, -0.2) is 37.6 Å². The van der Waals surface area contributed by atoms with Crippen molar-refractivity contribution in [2.45, 2.75) is 96.8 Å². The van der Waals surface area contributed by atoms with Gasteiger partial charge in [0.1, 0.15) is 0 Å². The molecule has 0 saturated heterocycles. The molecule has 0 spiro atoms. The van der Waals surface area contributed by atoms with E-state index in [1.165, 1.54) is 83.6 Å². The first-order valence-electron chi connectivity index (χ1n) is 11.1. The number of unbranched alkanes of at least 4 members (excludes halogenated alkanes) is 10. The van der Waals surface area contributed by atoms with Gasteiger partial charge in [-0.25, -0.2) is 0 Å². The van der Waals surface area contributed by atoms with E-state index >= 15 is 0 Å². The normalized spacial score (nSPS) is 11.8. The molecule has 4 N–H and O–H groups in total. The van der Waals surface area contributed by atoms with Gasteiger partial charge in [0.15, 0.2) is 0 Å². The third-order valence-electron chi connectivity index (χ3n) is 4.84. The molecule has 0 aromatic heterocycles. The highest BCUT2D eigenvalue weighted by Gasteiger charge is 2.03. The summed E-state index contributed by atoms with van der Waals surface area (Å²) in [4.78, 5) is 2.54. The van der Waals surface area contributed by atoms with E-state index < -0.39 is 0 Å². The SMILES string of the molecule is CCCCCCCCC/C=C/CCCCCN(CCCN)CCCN. The van der Waals surface area contributed by atoms with Gasteiger partial charge in [0.05, 0.1) is 0 Å². The zero-order chi connectivity index (χ0) is 18.4. The number of allylic oxidation sites excluding steroid dienone is 2. The Hall–Kier alpha value is -0.380. The van der Waals surface area contributed by atoms with Crippen molar-refractivity contribution >= 4 is 0 Å². The van der Waals surface area contributed by atoms with E-state index in [1.807, 2.05) is 0 Å². The van der Waals surface area contributed by atoms with Crippen molar-refractivity contribution in [3.8, 4) is 0 Å². The van der Waals surface area contributed by atoms with Gasteiger partial charge < -0.3 is 16.4 Å². The molecule has 0 aromatic carbocycles. The molecule has 0 aliphatic heterocycles. The minimum Gasteiger partial charge on any atom is -0.330 e. The maximum Gasteiger partial charge on any atom is -0.000671 e. The smallest absolute Gasteiger partial charge is 0.000671 e. The molecule has 0 unspecified atom stereocenters. The molecule has 0 radical (unpaired) electrons. The second kappa shape index (κ2) is 21.7. The van der Waals surface area contributed by atoms with Crippen LogP contribution in [0.2, 0.25) is 0 Å². The molecule has 0 atom stereocenters. The topological polar surface area (TPSA) is 55.3 Å². The average molecular weight is 354 g/mol. The van der Waals surface area contributed by atoms with Crippen molar-refractivity contribution in [1.82, 2.24) is 4.90 Å². The molecule has 0 aliphatic carbocycles. The van der Waals surface area contributed by atoms with Crippen molar-refractivity contribution in [1.29, 1.82) is 0 Å². The van der Waals surface area contributed by atoms with Crippen molar-refractivity contribution in [3.05, 3.63) is 12.2 Å². The Balaban J connectivity index is 3.39. The molecule has 150 valence electrons. The van der Waals surface area contributed by atoms with Crippen LogP contribution in [0.1, 0.15) is 96.8 Å². The van der Waals surface area contributed by atoms with E-state index in [0.29, 0.717) is 0 Å². The third-order valence-corrected chi connectivity index (χ3v) is 4.84. The lowest BCUT2D eigenvalue weighted by Gasteiger charge is -2.21. The lowest BCUT2D eigenvalue weighted by Crippen LogP contribution is -2.29.